The Labute approximate surface area is 179 Å². The van der Waals surface area contributed by atoms with Gasteiger partial charge in [-0.05, 0) is 49.3 Å². The van der Waals surface area contributed by atoms with Crippen LogP contribution in [-0.2, 0) is 16.1 Å². The number of hydrogen-bond donors (Lipinski definition) is 1. The third-order valence-electron chi connectivity index (χ3n) is 6.25. The Morgan fingerprint density at radius 2 is 1.83 bits per heavy atom. The Balaban J connectivity index is 1.72. The van der Waals surface area contributed by atoms with Crippen molar-refractivity contribution in [3.05, 3.63) is 34.9 Å². The number of likely N-dealkylation sites (tertiary alicyclic amines) is 1. The first-order valence-electron chi connectivity index (χ1n) is 10.9. The lowest BCUT2D eigenvalue weighted by molar-refractivity contribution is -0.161. The topological polar surface area (TPSA) is 52.7 Å². The van der Waals surface area contributed by atoms with Gasteiger partial charge in [0.2, 0.25) is 11.8 Å². The molecule has 2 aliphatic rings. The highest BCUT2D eigenvalue weighted by Crippen LogP contribution is 2.34. The zero-order valence-corrected chi connectivity index (χ0v) is 18.7. The number of carbonyl (C=O) groups excluding carboxylic acids is 2. The highest BCUT2D eigenvalue weighted by atomic mass is 35.5. The van der Waals surface area contributed by atoms with Gasteiger partial charge in [0.15, 0.2) is 0 Å². The minimum Gasteiger partial charge on any atom is -0.342 e. The molecule has 0 radical (unpaired) electrons. The molecule has 1 N–H and O–H groups in total. The molecule has 2 amide bonds. The quantitative estimate of drug-likeness (QED) is 0.730. The van der Waals surface area contributed by atoms with Crippen LogP contribution in [0.15, 0.2) is 24.3 Å². The lowest BCUT2D eigenvalue weighted by Crippen LogP contribution is -2.73. The van der Waals surface area contributed by atoms with E-state index in [0.717, 1.165) is 37.5 Å². The molecule has 2 heterocycles. The van der Waals surface area contributed by atoms with E-state index in [0.29, 0.717) is 31.7 Å². The Morgan fingerprint density at radius 1 is 1.17 bits per heavy atom. The van der Waals surface area contributed by atoms with Crippen molar-refractivity contribution in [2.75, 3.05) is 19.6 Å². The zero-order chi connectivity index (χ0) is 21.0. The Morgan fingerprint density at radius 3 is 2.41 bits per heavy atom. The van der Waals surface area contributed by atoms with Crippen LogP contribution >= 0.6 is 11.6 Å². The number of nitrogens with zero attached hydrogens (tertiary/aromatic N) is 2. The Bertz CT molecular complexity index is 711. The average molecular weight is 420 g/mol. The number of piperidine rings is 1. The third kappa shape index (κ3) is 4.95. The molecule has 1 aromatic rings. The van der Waals surface area contributed by atoms with Crippen molar-refractivity contribution in [3.8, 4) is 0 Å². The van der Waals surface area contributed by atoms with E-state index >= 15 is 0 Å². The molecule has 0 unspecified atom stereocenters. The minimum atomic E-state index is -0.684. The van der Waals surface area contributed by atoms with E-state index in [-0.39, 0.29) is 17.9 Å². The first-order valence-corrected chi connectivity index (χ1v) is 11.3. The fraction of sp³-hybridized carbons (Fsp3) is 0.652. The smallest absolute Gasteiger partial charge is 0.246 e. The zero-order valence-electron chi connectivity index (χ0n) is 17.9. The molecule has 160 valence electrons. The van der Waals surface area contributed by atoms with Gasteiger partial charge in [-0.1, -0.05) is 50.9 Å². The largest absolute Gasteiger partial charge is 0.342 e. The van der Waals surface area contributed by atoms with Crippen LogP contribution in [0.2, 0.25) is 5.02 Å². The standard InChI is InChI=1S/C23H34ClN3O2/c1-4-5-12-27-21(28)20(15-17(2)3)25-22(29)23(27)10-13-26(14-11-23)16-18-6-8-19(24)9-7-18/h6-9,17,20H,4-5,10-16H2,1-3H3,(H,25,29)/t20-/m0/s1. The summed E-state index contributed by atoms with van der Waals surface area (Å²) < 4.78 is 0. The molecule has 0 aromatic heterocycles. The van der Waals surface area contributed by atoms with Gasteiger partial charge < -0.3 is 10.2 Å². The SMILES string of the molecule is CCCCN1C(=O)[C@H](CC(C)C)NC(=O)C12CCN(Cc1ccc(Cl)cc1)CC2. The number of rotatable bonds is 7. The summed E-state index contributed by atoms with van der Waals surface area (Å²) in [6, 6.07) is 7.55. The van der Waals surface area contributed by atoms with Crippen LogP contribution in [-0.4, -0.2) is 52.8 Å². The van der Waals surface area contributed by atoms with Crippen molar-refractivity contribution in [2.24, 2.45) is 5.92 Å². The molecule has 1 aromatic carbocycles. The van der Waals surface area contributed by atoms with E-state index in [2.05, 4.69) is 31.0 Å². The van der Waals surface area contributed by atoms with Crippen molar-refractivity contribution in [2.45, 2.75) is 71.0 Å². The first kappa shape index (κ1) is 22.1. The molecule has 1 atom stereocenters. The number of piperazine rings is 1. The lowest BCUT2D eigenvalue weighted by Gasteiger charge is -2.52. The summed E-state index contributed by atoms with van der Waals surface area (Å²) >= 11 is 5.99. The molecular formula is C23H34ClN3O2. The van der Waals surface area contributed by atoms with Gasteiger partial charge >= 0.3 is 0 Å². The first-order chi connectivity index (χ1) is 13.9. The summed E-state index contributed by atoms with van der Waals surface area (Å²) in [4.78, 5) is 30.8. The fourth-order valence-corrected chi connectivity index (χ4v) is 4.70. The van der Waals surface area contributed by atoms with E-state index in [1.165, 1.54) is 5.56 Å². The number of nitrogens with one attached hydrogen (secondary N) is 1. The van der Waals surface area contributed by atoms with E-state index < -0.39 is 5.54 Å². The number of halogens is 1. The van der Waals surface area contributed by atoms with Crippen molar-refractivity contribution in [3.63, 3.8) is 0 Å². The molecule has 0 bridgehead atoms. The lowest BCUT2D eigenvalue weighted by atomic mass is 9.80. The summed E-state index contributed by atoms with van der Waals surface area (Å²) in [5, 5.41) is 3.81. The molecule has 29 heavy (non-hydrogen) atoms. The summed E-state index contributed by atoms with van der Waals surface area (Å²) in [6.07, 6.45) is 4.03. The van der Waals surface area contributed by atoms with E-state index in [1.54, 1.807) is 0 Å². The van der Waals surface area contributed by atoms with Crippen LogP contribution in [0.1, 0.15) is 58.4 Å². The summed E-state index contributed by atoms with van der Waals surface area (Å²) in [5.41, 5.74) is 0.533. The van der Waals surface area contributed by atoms with Gasteiger partial charge in [0.05, 0.1) is 0 Å². The van der Waals surface area contributed by atoms with Crippen molar-refractivity contribution >= 4 is 23.4 Å². The number of amides is 2. The van der Waals surface area contributed by atoms with Gasteiger partial charge in [-0.15, -0.1) is 0 Å². The van der Waals surface area contributed by atoms with Crippen molar-refractivity contribution in [1.29, 1.82) is 0 Å². The minimum absolute atomic E-state index is 0.0463. The number of carbonyl (C=O) groups is 2. The second-order valence-corrected chi connectivity index (χ2v) is 9.37. The predicted molar refractivity (Wildman–Crippen MR) is 117 cm³/mol. The van der Waals surface area contributed by atoms with Crippen LogP contribution in [0.3, 0.4) is 0 Å². The maximum atomic E-state index is 13.3. The number of benzene rings is 1. The second-order valence-electron chi connectivity index (χ2n) is 8.93. The van der Waals surface area contributed by atoms with Crippen LogP contribution in [0, 0.1) is 5.92 Å². The Kier molecular flexibility index (Phi) is 7.23. The van der Waals surface area contributed by atoms with Crippen LogP contribution < -0.4 is 5.32 Å². The van der Waals surface area contributed by atoms with Crippen LogP contribution in [0.4, 0.5) is 0 Å². The van der Waals surface area contributed by atoms with Gasteiger partial charge in [0, 0.05) is 31.2 Å². The fourth-order valence-electron chi connectivity index (χ4n) is 4.57. The number of unbranched alkanes of at least 4 members (excludes halogenated alkanes) is 1. The van der Waals surface area contributed by atoms with E-state index in [9.17, 15) is 9.59 Å². The molecule has 2 fully saturated rings. The maximum absolute atomic E-state index is 13.3. The van der Waals surface area contributed by atoms with Gasteiger partial charge in [-0.3, -0.25) is 14.5 Å². The molecule has 0 saturated carbocycles. The summed E-state index contributed by atoms with van der Waals surface area (Å²) in [5.74, 6) is 0.524. The molecule has 1 spiro atoms. The predicted octanol–water partition coefficient (Wildman–Crippen LogP) is 3.85. The molecule has 6 heteroatoms. The monoisotopic (exact) mass is 419 g/mol. The van der Waals surface area contributed by atoms with Crippen molar-refractivity contribution < 1.29 is 9.59 Å². The molecule has 2 saturated heterocycles. The van der Waals surface area contributed by atoms with Gasteiger partial charge in [-0.25, -0.2) is 0 Å². The highest BCUT2D eigenvalue weighted by Gasteiger charge is 2.53. The van der Waals surface area contributed by atoms with Crippen molar-refractivity contribution in [1.82, 2.24) is 15.1 Å². The van der Waals surface area contributed by atoms with Gasteiger partial charge in [0.1, 0.15) is 11.6 Å². The van der Waals surface area contributed by atoms with Crippen LogP contribution in [0.25, 0.3) is 0 Å². The highest BCUT2D eigenvalue weighted by molar-refractivity contribution is 6.30. The van der Waals surface area contributed by atoms with Crippen LogP contribution in [0.5, 0.6) is 0 Å². The Hall–Kier alpha value is -1.59. The molecule has 3 rings (SSSR count). The van der Waals surface area contributed by atoms with E-state index in [1.807, 2.05) is 29.2 Å². The van der Waals surface area contributed by atoms with Gasteiger partial charge in [0.25, 0.3) is 0 Å². The average Bonchev–Trinajstić information content (AvgIpc) is 2.69. The number of hydrogen-bond acceptors (Lipinski definition) is 3. The maximum Gasteiger partial charge on any atom is 0.246 e. The summed E-state index contributed by atoms with van der Waals surface area (Å²) in [7, 11) is 0. The molecule has 2 aliphatic heterocycles. The summed E-state index contributed by atoms with van der Waals surface area (Å²) in [6.45, 7) is 9.44. The normalized spacial score (nSPS) is 22.4. The molecular weight excluding hydrogens is 386 g/mol. The van der Waals surface area contributed by atoms with Gasteiger partial charge in [-0.2, -0.15) is 0 Å². The van der Waals surface area contributed by atoms with E-state index in [4.69, 9.17) is 11.6 Å². The second kappa shape index (κ2) is 9.48. The molecule has 5 nitrogen and oxygen atoms in total. The molecule has 0 aliphatic carbocycles. The third-order valence-corrected chi connectivity index (χ3v) is 6.51.